The van der Waals surface area contributed by atoms with Crippen molar-refractivity contribution in [1.82, 2.24) is 9.19 Å². The van der Waals surface area contributed by atoms with Crippen LogP contribution in [-0.2, 0) is 10.0 Å². The highest BCUT2D eigenvalue weighted by Gasteiger charge is 2.24. The third-order valence-corrected chi connectivity index (χ3v) is 6.47. The first-order valence-electron chi connectivity index (χ1n) is 7.20. The molecular formula is C17H15FN2O2S2. The van der Waals surface area contributed by atoms with Gasteiger partial charge in [0.15, 0.2) is 0 Å². The predicted octanol–water partition coefficient (Wildman–Crippen LogP) is 4.03. The quantitative estimate of drug-likeness (QED) is 0.703. The minimum absolute atomic E-state index is 0.00533. The van der Waals surface area contributed by atoms with E-state index in [0.29, 0.717) is 11.4 Å². The van der Waals surface area contributed by atoms with Crippen molar-refractivity contribution >= 4 is 21.8 Å². The normalized spacial score (nSPS) is 11.6. The molecule has 4 nitrogen and oxygen atoms in total. The first kappa shape index (κ1) is 16.7. The van der Waals surface area contributed by atoms with Crippen molar-refractivity contribution in [2.45, 2.75) is 28.5 Å². The van der Waals surface area contributed by atoms with E-state index in [1.165, 1.54) is 23.9 Å². The molecule has 0 amide bonds. The van der Waals surface area contributed by atoms with E-state index in [1.54, 1.807) is 13.8 Å². The molecule has 0 atom stereocenters. The lowest BCUT2D eigenvalue weighted by Gasteiger charge is -2.07. The molecule has 2 aromatic carbocycles. The van der Waals surface area contributed by atoms with E-state index >= 15 is 0 Å². The summed E-state index contributed by atoms with van der Waals surface area (Å²) in [5.41, 5.74) is 1.16. The number of aromatic nitrogens is 2. The Morgan fingerprint density at radius 2 is 1.62 bits per heavy atom. The van der Waals surface area contributed by atoms with Crippen molar-refractivity contribution in [2.24, 2.45) is 0 Å². The van der Waals surface area contributed by atoms with E-state index in [0.717, 1.165) is 26.0 Å². The van der Waals surface area contributed by atoms with Crippen molar-refractivity contribution < 1.29 is 12.8 Å². The van der Waals surface area contributed by atoms with Gasteiger partial charge in [0, 0.05) is 4.90 Å². The fourth-order valence-corrected chi connectivity index (χ4v) is 4.67. The van der Waals surface area contributed by atoms with Gasteiger partial charge in [-0.3, -0.25) is 0 Å². The summed E-state index contributed by atoms with van der Waals surface area (Å²) in [6, 6.07) is 14.4. The zero-order chi connectivity index (χ0) is 17.3. The molecule has 0 saturated heterocycles. The van der Waals surface area contributed by atoms with Crippen LogP contribution in [-0.4, -0.2) is 17.6 Å². The maximum atomic E-state index is 13.0. The summed E-state index contributed by atoms with van der Waals surface area (Å²) >= 11 is 1.47. The van der Waals surface area contributed by atoms with Gasteiger partial charge < -0.3 is 0 Å². The van der Waals surface area contributed by atoms with Gasteiger partial charge in [0.25, 0.3) is 10.0 Å². The van der Waals surface area contributed by atoms with Crippen LogP contribution in [0.4, 0.5) is 4.39 Å². The Morgan fingerprint density at radius 1 is 1.00 bits per heavy atom. The molecule has 0 aliphatic heterocycles. The van der Waals surface area contributed by atoms with Gasteiger partial charge in [-0.1, -0.05) is 30.0 Å². The zero-order valence-corrected chi connectivity index (χ0v) is 14.7. The molecule has 0 radical (unpaired) electrons. The monoisotopic (exact) mass is 362 g/mol. The van der Waals surface area contributed by atoms with Crippen LogP contribution in [0.25, 0.3) is 0 Å². The molecule has 124 valence electrons. The Morgan fingerprint density at radius 3 is 2.25 bits per heavy atom. The largest absolute Gasteiger partial charge is 0.283 e. The topological polar surface area (TPSA) is 52.0 Å². The van der Waals surface area contributed by atoms with E-state index in [9.17, 15) is 12.8 Å². The lowest BCUT2D eigenvalue weighted by atomic mass is 10.4. The second-order valence-corrected chi connectivity index (χ2v) is 8.07. The minimum Gasteiger partial charge on any atom is -0.207 e. The third-order valence-electron chi connectivity index (χ3n) is 3.49. The lowest BCUT2D eigenvalue weighted by Crippen LogP contribution is -2.16. The van der Waals surface area contributed by atoms with Crippen molar-refractivity contribution in [3.05, 3.63) is 71.8 Å². The van der Waals surface area contributed by atoms with E-state index in [4.69, 9.17) is 0 Å². The van der Waals surface area contributed by atoms with Gasteiger partial charge in [0.1, 0.15) is 5.82 Å². The molecule has 0 bridgehead atoms. The summed E-state index contributed by atoms with van der Waals surface area (Å²) in [4.78, 5) is 1.81. The number of nitrogens with zero attached hydrogens (tertiary/aromatic N) is 2. The standard InChI is InChI=1S/C17H15FN2O2S2/c1-12-17(23-15-6-4-3-5-7-15)13(2)20(19-12)24(21,22)16-10-8-14(18)9-11-16/h3-11H,1-2H3. The van der Waals surface area contributed by atoms with Gasteiger partial charge in [-0.2, -0.15) is 17.6 Å². The van der Waals surface area contributed by atoms with Crippen molar-refractivity contribution in [2.75, 3.05) is 0 Å². The van der Waals surface area contributed by atoms with Crippen molar-refractivity contribution in [3.8, 4) is 0 Å². The molecule has 7 heteroatoms. The minimum atomic E-state index is -3.85. The summed E-state index contributed by atoms with van der Waals surface area (Å²) in [5.74, 6) is -0.484. The second-order valence-electron chi connectivity index (χ2n) is 5.22. The number of rotatable bonds is 4. The molecule has 0 aliphatic rings. The lowest BCUT2D eigenvalue weighted by molar-refractivity contribution is 0.576. The van der Waals surface area contributed by atoms with Crippen LogP contribution in [0.3, 0.4) is 0 Å². The van der Waals surface area contributed by atoms with Crippen molar-refractivity contribution in [1.29, 1.82) is 0 Å². The summed E-state index contributed by atoms with van der Waals surface area (Å²) < 4.78 is 39.6. The van der Waals surface area contributed by atoms with Crippen LogP contribution < -0.4 is 0 Å². The number of aryl methyl sites for hydroxylation is 1. The van der Waals surface area contributed by atoms with Crippen LogP contribution in [0, 0.1) is 19.7 Å². The number of hydrogen-bond donors (Lipinski definition) is 0. The van der Waals surface area contributed by atoms with E-state index in [1.807, 2.05) is 30.3 Å². The summed E-state index contributed by atoms with van der Waals surface area (Å²) in [5, 5.41) is 4.19. The molecular weight excluding hydrogens is 347 g/mol. The first-order chi connectivity index (χ1) is 11.4. The fraction of sp³-hybridized carbons (Fsp3) is 0.118. The van der Waals surface area contributed by atoms with Crippen LogP contribution in [0.2, 0.25) is 0 Å². The highest BCUT2D eigenvalue weighted by molar-refractivity contribution is 7.99. The Bertz CT molecular complexity index is 966. The molecule has 0 saturated carbocycles. The molecule has 24 heavy (non-hydrogen) atoms. The molecule has 1 aromatic heterocycles. The average Bonchev–Trinajstić information content (AvgIpc) is 2.85. The second kappa shape index (κ2) is 6.41. The van der Waals surface area contributed by atoms with Gasteiger partial charge >= 0.3 is 0 Å². The summed E-state index contributed by atoms with van der Waals surface area (Å²) in [6.45, 7) is 3.49. The van der Waals surface area contributed by atoms with Crippen LogP contribution in [0.1, 0.15) is 11.4 Å². The van der Waals surface area contributed by atoms with Crippen LogP contribution >= 0.6 is 11.8 Å². The molecule has 3 rings (SSSR count). The van der Waals surface area contributed by atoms with Crippen molar-refractivity contribution in [3.63, 3.8) is 0 Å². The maximum Gasteiger partial charge on any atom is 0.283 e. The van der Waals surface area contributed by atoms with Gasteiger partial charge in [-0.05, 0) is 50.2 Å². The fourth-order valence-electron chi connectivity index (χ4n) is 2.30. The van der Waals surface area contributed by atoms with Gasteiger partial charge in [0.05, 0.1) is 21.2 Å². The highest BCUT2D eigenvalue weighted by Crippen LogP contribution is 2.33. The average molecular weight is 362 g/mol. The third kappa shape index (κ3) is 3.09. The maximum absolute atomic E-state index is 13.0. The van der Waals surface area contributed by atoms with E-state index in [2.05, 4.69) is 5.10 Å². The van der Waals surface area contributed by atoms with E-state index < -0.39 is 15.8 Å². The van der Waals surface area contributed by atoms with E-state index in [-0.39, 0.29) is 4.90 Å². The Balaban J connectivity index is 2.04. The first-order valence-corrected chi connectivity index (χ1v) is 9.45. The molecule has 0 fully saturated rings. The molecule has 1 heterocycles. The number of halogens is 1. The molecule has 0 spiro atoms. The van der Waals surface area contributed by atoms with Crippen LogP contribution in [0.5, 0.6) is 0 Å². The smallest absolute Gasteiger partial charge is 0.207 e. The Labute approximate surface area is 144 Å². The molecule has 0 N–H and O–H groups in total. The van der Waals surface area contributed by atoms with Gasteiger partial charge in [0.2, 0.25) is 0 Å². The molecule has 0 unspecified atom stereocenters. The summed E-state index contributed by atoms with van der Waals surface area (Å²) in [6.07, 6.45) is 0. The predicted molar refractivity (Wildman–Crippen MR) is 91.2 cm³/mol. The van der Waals surface area contributed by atoms with Gasteiger partial charge in [-0.15, -0.1) is 0 Å². The Kier molecular flexibility index (Phi) is 4.47. The SMILES string of the molecule is Cc1nn(S(=O)(=O)c2ccc(F)cc2)c(C)c1Sc1ccccc1. The van der Waals surface area contributed by atoms with Gasteiger partial charge in [-0.25, -0.2) is 4.39 Å². The molecule has 0 aliphatic carbocycles. The number of hydrogen-bond acceptors (Lipinski definition) is 4. The summed E-state index contributed by atoms with van der Waals surface area (Å²) in [7, 11) is -3.85. The molecule has 3 aromatic rings. The highest BCUT2D eigenvalue weighted by atomic mass is 32.2. The zero-order valence-electron chi connectivity index (χ0n) is 13.1. The van der Waals surface area contributed by atoms with Crippen LogP contribution in [0.15, 0.2) is 69.3 Å². The Hall–Kier alpha value is -2.12. The number of benzene rings is 2.